The van der Waals surface area contributed by atoms with Gasteiger partial charge in [0.15, 0.2) is 6.10 Å². The van der Waals surface area contributed by atoms with Gasteiger partial charge in [-0.05, 0) is 43.2 Å². The van der Waals surface area contributed by atoms with Gasteiger partial charge in [-0.2, -0.15) is 0 Å². The second kappa shape index (κ2) is 7.74. The van der Waals surface area contributed by atoms with Crippen molar-refractivity contribution >= 4 is 29.2 Å². The number of rotatable bonds is 5. The highest BCUT2D eigenvalue weighted by Gasteiger charge is 2.19. The predicted molar refractivity (Wildman–Crippen MR) is 88.6 cm³/mol. The Hall–Kier alpha value is -2.40. The van der Waals surface area contributed by atoms with Gasteiger partial charge in [-0.25, -0.2) is 9.78 Å². The van der Waals surface area contributed by atoms with E-state index in [1.807, 2.05) is 24.3 Å². The zero-order valence-corrected chi connectivity index (χ0v) is 13.6. The summed E-state index contributed by atoms with van der Waals surface area (Å²) in [5, 5.41) is 2.99. The zero-order chi connectivity index (χ0) is 16.8. The van der Waals surface area contributed by atoms with Crippen LogP contribution >= 0.6 is 11.6 Å². The number of esters is 1. The van der Waals surface area contributed by atoms with Crippen LogP contribution in [0.1, 0.15) is 29.8 Å². The van der Waals surface area contributed by atoms with Crippen molar-refractivity contribution in [2.45, 2.75) is 26.4 Å². The van der Waals surface area contributed by atoms with E-state index in [1.165, 1.54) is 30.8 Å². The molecule has 0 spiro atoms. The van der Waals surface area contributed by atoms with Gasteiger partial charge in [-0.3, -0.25) is 4.79 Å². The Bertz CT molecular complexity index is 684. The number of hydrogen-bond acceptors (Lipinski definition) is 4. The first-order valence-electron chi connectivity index (χ1n) is 7.22. The summed E-state index contributed by atoms with van der Waals surface area (Å²) in [7, 11) is 0. The molecule has 1 atom stereocenters. The molecule has 1 heterocycles. The molecule has 2 rings (SSSR count). The molecule has 0 fully saturated rings. The van der Waals surface area contributed by atoms with Crippen molar-refractivity contribution in [1.82, 2.24) is 4.98 Å². The number of carbonyl (C=O) groups is 2. The number of nitrogens with one attached hydrogen (secondary N) is 1. The van der Waals surface area contributed by atoms with Gasteiger partial charge in [-0.1, -0.05) is 30.7 Å². The molecule has 120 valence electrons. The van der Waals surface area contributed by atoms with Crippen molar-refractivity contribution in [1.29, 1.82) is 0 Å². The molecule has 1 N–H and O–H groups in total. The fraction of sp³-hybridized carbons (Fsp3) is 0.235. The lowest BCUT2D eigenvalue weighted by molar-refractivity contribution is -0.123. The third-order valence-corrected chi connectivity index (χ3v) is 3.47. The van der Waals surface area contributed by atoms with E-state index in [4.69, 9.17) is 16.3 Å². The summed E-state index contributed by atoms with van der Waals surface area (Å²) >= 11 is 5.66. The van der Waals surface area contributed by atoms with Crippen LogP contribution < -0.4 is 5.32 Å². The molecule has 0 radical (unpaired) electrons. The summed E-state index contributed by atoms with van der Waals surface area (Å²) in [6.07, 6.45) is 1.31. The standard InChI is InChI=1S/C17H17ClN2O3/c1-3-12-4-7-14(8-5-12)20-16(21)11(2)23-17(22)13-6-9-15(18)19-10-13/h4-11H,3H2,1-2H3,(H,20,21). The fourth-order valence-corrected chi connectivity index (χ4v) is 1.96. The SMILES string of the molecule is CCc1ccc(NC(=O)C(C)OC(=O)c2ccc(Cl)nc2)cc1. The van der Waals surface area contributed by atoms with E-state index < -0.39 is 18.0 Å². The minimum Gasteiger partial charge on any atom is -0.449 e. The van der Waals surface area contributed by atoms with E-state index in [0.29, 0.717) is 5.69 Å². The van der Waals surface area contributed by atoms with Crippen LogP contribution in [0.4, 0.5) is 5.69 Å². The average Bonchev–Trinajstić information content (AvgIpc) is 2.56. The Morgan fingerprint density at radius 3 is 2.48 bits per heavy atom. The minimum absolute atomic E-state index is 0.237. The fourth-order valence-electron chi connectivity index (χ4n) is 1.85. The summed E-state index contributed by atoms with van der Waals surface area (Å²) in [6.45, 7) is 3.57. The highest BCUT2D eigenvalue weighted by molar-refractivity contribution is 6.29. The third-order valence-electron chi connectivity index (χ3n) is 3.25. The number of halogens is 1. The predicted octanol–water partition coefficient (Wildman–Crippen LogP) is 3.48. The molecule has 0 saturated carbocycles. The van der Waals surface area contributed by atoms with E-state index in [9.17, 15) is 9.59 Å². The first-order valence-corrected chi connectivity index (χ1v) is 7.59. The summed E-state index contributed by atoms with van der Waals surface area (Å²) in [5.41, 5.74) is 2.07. The topological polar surface area (TPSA) is 68.3 Å². The zero-order valence-electron chi connectivity index (χ0n) is 12.9. The lowest BCUT2D eigenvalue weighted by Gasteiger charge is -2.13. The molecule has 0 aliphatic carbocycles. The molecule has 6 heteroatoms. The van der Waals surface area contributed by atoms with Gasteiger partial charge in [0.2, 0.25) is 0 Å². The number of hydrogen-bond donors (Lipinski definition) is 1. The van der Waals surface area contributed by atoms with Gasteiger partial charge < -0.3 is 10.1 Å². The van der Waals surface area contributed by atoms with Gasteiger partial charge in [0.05, 0.1) is 5.56 Å². The van der Waals surface area contributed by atoms with Gasteiger partial charge in [0, 0.05) is 11.9 Å². The number of carbonyl (C=O) groups excluding carboxylic acids is 2. The maximum Gasteiger partial charge on any atom is 0.340 e. The van der Waals surface area contributed by atoms with Crippen molar-refractivity contribution in [3.05, 3.63) is 58.9 Å². The lowest BCUT2D eigenvalue weighted by atomic mass is 10.1. The van der Waals surface area contributed by atoms with Crippen LogP contribution in [-0.4, -0.2) is 23.0 Å². The van der Waals surface area contributed by atoms with E-state index in [-0.39, 0.29) is 10.7 Å². The van der Waals surface area contributed by atoms with Crippen molar-refractivity contribution in [3.63, 3.8) is 0 Å². The van der Waals surface area contributed by atoms with Crippen LogP contribution in [-0.2, 0) is 16.0 Å². The number of amides is 1. The molecule has 0 aliphatic heterocycles. The van der Waals surface area contributed by atoms with Crippen molar-refractivity contribution in [2.24, 2.45) is 0 Å². The number of aryl methyl sites for hydroxylation is 1. The molecule has 2 aromatic rings. The summed E-state index contributed by atoms with van der Waals surface area (Å²) in [6, 6.07) is 10.5. The molecule has 5 nitrogen and oxygen atoms in total. The number of pyridine rings is 1. The summed E-state index contributed by atoms with van der Waals surface area (Å²) < 4.78 is 5.12. The summed E-state index contributed by atoms with van der Waals surface area (Å²) in [4.78, 5) is 27.8. The number of benzene rings is 1. The molecule has 23 heavy (non-hydrogen) atoms. The Balaban J connectivity index is 1.93. The van der Waals surface area contributed by atoms with Crippen LogP contribution in [0.2, 0.25) is 5.15 Å². The molecule has 1 unspecified atom stereocenters. The smallest absolute Gasteiger partial charge is 0.340 e. The highest BCUT2D eigenvalue weighted by atomic mass is 35.5. The first-order chi connectivity index (χ1) is 11.0. The molecule has 0 saturated heterocycles. The van der Waals surface area contributed by atoms with Crippen LogP contribution in [0.25, 0.3) is 0 Å². The monoisotopic (exact) mass is 332 g/mol. The van der Waals surface area contributed by atoms with Crippen LogP contribution in [0.5, 0.6) is 0 Å². The van der Waals surface area contributed by atoms with Crippen molar-refractivity contribution < 1.29 is 14.3 Å². The largest absolute Gasteiger partial charge is 0.449 e. The molecule has 0 aliphatic rings. The molecule has 1 aromatic heterocycles. The van der Waals surface area contributed by atoms with Crippen molar-refractivity contribution in [3.8, 4) is 0 Å². The molecule has 1 amide bonds. The van der Waals surface area contributed by atoms with Gasteiger partial charge >= 0.3 is 5.97 Å². The van der Waals surface area contributed by atoms with Crippen LogP contribution in [0.3, 0.4) is 0 Å². The minimum atomic E-state index is -0.927. The number of nitrogens with zero attached hydrogens (tertiary/aromatic N) is 1. The maximum absolute atomic E-state index is 12.1. The number of aromatic nitrogens is 1. The number of ether oxygens (including phenoxy) is 1. The first kappa shape index (κ1) is 17.0. The van der Waals surface area contributed by atoms with Crippen LogP contribution in [0.15, 0.2) is 42.6 Å². The Labute approximate surface area is 139 Å². The second-order valence-electron chi connectivity index (χ2n) is 4.96. The third kappa shape index (κ3) is 4.79. The van der Waals surface area contributed by atoms with Crippen molar-refractivity contribution in [2.75, 3.05) is 5.32 Å². The van der Waals surface area contributed by atoms with Gasteiger partial charge in [-0.15, -0.1) is 0 Å². The average molecular weight is 333 g/mol. The Morgan fingerprint density at radius 1 is 1.22 bits per heavy atom. The Morgan fingerprint density at radius 2 is 1.91 bits per heavy atom. The quantitative estimate of drug-likeness (QED) is 0.672. The summed E-state index contributed by atoms with van der Waals surface area (Å²) in [5.74, 6) is -1.03. The van der Waals surface area contributed by atoms with Gasteiger partial charge in [0.25, 0.3) is 5.91 Å². The van der Waals surface area contributed by atoms with E-state index >= 15 is 0 Å². The van der Waals surface area contributed by atoms with Crippen LogP contribution in [0, 0.1) is 0 Å². The normalized spacial score (nSPS) is 11.6. The van der Waals surface area contributed by atoms with E-state index in [0.717, 1.165) is 6.42 Å². The molecular weight excluding hydrogens is 316 g/mol. The maximum atomic E-state index is 12.1. The van der Waals surface area contributed by atoms with E-state index in [2.05, 4.69) is 17.2 Å². The molecule has 1 aromatic carbocycles. The highest BCUT2D eigenvalue weighted by Crippen LogP contribution is 2.12. The lowest BCUT2D eigenvalue weighted by Crippen LogP contribution is -2.30. The molecule has 0 bridgehead atoms. The second-order valence-corrected chi connectivity index (χ2v) is 5.34. The van der Waals surface area contributed by atoms with E-state index in [1.54, 1.807) is 0 Å². The Kier molecular flexibility index (Phi) is 5.71. The molecular formula is C17H17ClN2O3. The van der Waals surface area contributed by atoms with Gasteiger partial charge in [0.1, 0.15) is 5.15 Å². The number of anilines is 1.